The molecule has 1 heterocycles. The van der Waals surface area contributed by atoms with E-state index in [1.165, 1.54) is 19.3 Å². The molecule has 0 radical (unpaired) electrons. The zero-order chi connectivity index (χ0) is 14.8. The van der Waals surface area contributed by atoms with Gasteiger partial charge in [-0.2, -0.15) is 0 Å². The van der Waals surface area contributed by atoms with Gasteiger partial charge in [0.2, 0.25) is 0 Å². The molecule has 1 saturated carbocycles. The summed E-state index contributed by atoms with van der Waals surface area (Å²) in [5.74, 6) is -0.654. The van der Waals surface area contributed by atoms with Crippen molar-refractivity contribution in [3.05, 3.63) is 36.0 Å². The number of carboxylic acid groups (broad SMARTS) is 1. The third-order valence-electron chi connectivity index (χ3n) is 4.81. The Morgan fingerprint density at radius 2 is 1.95 bits per heavy atom. The highest BCUT2D eigenvalue weighted by Gasteiger charge is 2.35. The highest BCUT2D eigenvalue weighted by Crippen LogP contribution is 2.40. The summed E-state index contributed by atoms with van der Waals surface area (Å²) in [6, 6.07) is 7.20. The Kier molecular flexibility index (Phi) is 3.97. The van der Waals surface area contributed by atoms with Crippen LogP contribution in [0.5, 0.6) is 0 Å². The van der Waals surface area contributed by atoms with Crippen LogP contribution >= 0.6 is 0 Å². The molecule has 0 saturated heterocycles. The third-order valence-corrected chi connectivity index (χ3v) is 4.81. The molecule has 21 heavy (non-hydrogen) atoms. The summed E-state index contributed by atoms with van der Waals surface area (Å²) in [7, 11) is 0. The van der Waals surface area contributed by atoms with Gasteiger partial charge in [0.1, 0.15) is 6.04 Å². The van der Waals surface area contributed by atoms with Crippen LogP contribution in [-0.4, -0.2) is 22.1 Å². The van der Waals surface area contributed by atoms with Crippen LogP contribution < -0.4 is 5.73 Å². The number of aliphatic carboxylic acids is 1. The first kappa shape index (κ1) is 14.1. The average Bonchev–Trinajstić information content (AvgIpc) is 2.93. The van der Waals surface area contributed by atoms with E-state index in [9.17, 15) is 9.90 Å². The van der Waals surface area contributed by atoms with Crippen molar-refractivity contribution >= 4 is 16.9 Å². The molecule has 4 heteroatoms. The van der Waals surface area contributed by atoms with Crippen LogP contribution in [-0.2, 0) is 4.79 Å². The molecule has 1 aliphatic rings. The number of para-hydroxylation sites is 1. The molecule has 1 aromatic carbocycles. The first-order valence-corrected chi connectivity index (χ1v) is 7.73. The quantitative estimate of drug-likeness (QED) is 0.807. The summed E-state index contributed by atoms with van der Waals surface area (Å²) in [6.07, 6.45) is 7.70. The number of hydrogen-bond donors (Lipinski definition) is 3. The second-order valence-electron chi connectivity index (χ2n) is 6.08. The largest absolute Gasteiger partial charge is 0.480 e. The first-order valence-electron chi connectivity index (χ1n) is 7.73. The van der Waals surface area contributed by atoms with Crippen molar-refractivity contribution in [3.8, 4) is 0 Å². The van der Waals surface area contributed by atoms with Gasteiger partial charge < -0.3 is 15.8 Å². The van der Waals surface area contributed by atoms with E-state index in [1.54, 1.807) is 0 Å². The minimum absolute atomic E-state index is 0.112. The lowest BCUT2D eigenvalue weighted by Gasteiger charge is -2.32. The summed E-state index contributed by atoms with van der Waals surface area (Å²) in [4.78, 5) is 14.7. The smallest absolute Gasteiger partial charge is 0.321 e. The summed E-state index contributed by atoms with van der Waals surface area (Å²) in [5, 5.41) is 10.5. The van der Waals surface area contributed by atoms with Gasteiger partial charge in [-0.25, -0.2) is 0 Å². The van der Waals surface area contributed by atoms with Gasteiger partial charge in [-0.15, -0.1) is 0 Å². The molecule has 1 aromatic heterocycles. The zero-order valence-corrected chi connectivity index (χ0v) is 12.1. The highest BCUT2D eigenvalue weighted by atomic mass is 16.4. The van der Waals surface area contributed by atoms with Crippen molar-refractivity contribution in [1.82, 2.24) is 4.98 Å². The van der Waals surface area contributed by atoms with Gasteiger partial charge in [0, 0.05) is 23.0 Å². The maximum absolute atomic E-state index is 11.5. The number of fused-ring (bicyclic) bond motifs is 1. The fourth-order valence-corrected chi connectivity index (χ4v) is 3.76. The van der Waals surface area contributed by atoms with Crippen molar-refractivity contribution in [2.75, 3.05) is 0 Å². The molecule has 3 rings (SSSR count). The second-order valence-corrected chi connectivity index (χ2v) is 6.08. The molecule has 0 amide bonds. The Bertz CT molecular complexity index is 629. The van der Waals surface area contributed by atoms with Gasteiger partial charge in [0.05, 0.1) is 0 Å². The van der Waals surface area contributed by atoms with Crippen molar-refractivity contribution in [3.63, 3.8) is 0 Å². The van der Waals surface area contributed by atoms with Crippen molar-refractivity contribution < 1.29 is 9.90 Å². The van der Waals surface area contributed by atoms with Crippen LogP contribution in [0.1, 0.15) is 43.6 Å². The lowest BCUT2D eigenvalue weighted by Crippen LogP contribution is -2.40. The summed E-state index contributed by atoms with van der Waals surface area (Å²) >= 11 is 0. The van der Waals surface area contributed by atoms with E-state index < -0.39 is 12.0 Å². The van der Waals surface area contributed by atoms with Crippen molar-refractivity contribution in [1.29, 1.82) is 0 Å². The molecule has 0 spiro atoms. The Balaban J connectivity index is 2.03. The SMILES string of the molecule is N[C@@H](C(=O)O)[C@@H](c1c[nH]c2ccccc12)C1CCCCC1. The first-order chi connectivity index (χ1) is 10.2. The fourth-order valence-electron chi connectivity index (χ4n) is 3.76. The Morgan fingerprint density at radius 1 is 1.24 bits per heavy atom. The minimum atomic E-state index is -0.907. The normalized spacial score (nSPS) is 19.5. The second kappa shape index (κ2) is 5.90. The zero-order valence-electron chi connectivity index (χ0n) is 12.1. The van der Waals surface area contributed by atoms with Crippen molar-refractivity contribution in [2.45, 2.75) is 44.1 Å². The summed E-state index contributed by atoms with van der Waals surface area (Å²) in [5.41, 5.74) is 8.17. The van der Waals surface area contributed by atoms with Crippen LogP contribution in [0, 0.1) is 5.92 Å². The number of carboxylic acids is 1. The van der Waals surface area contributed by atoms with Crippen LogP contribution in [0.15, 0.2) is 30.5 Å². The van der Waals surface area contributed by atoms with E-state index in [-0.39, 0.29) is 5.92 Å². The molecule has 2 aromatic rings. The van der Waals surface area contributed by atoms with Gasteiger partial charge >= 0.3 is 5.97 Å². The molecular formula is C17H22N2O2. The summed E-state index contributed by atoms with van der Waals surface area (Å²) < 4.78 is 0. The Labute approximate surface area is 124 Å². The number of aromatic nitrogens is 1. The van der Waals surface area contributed by atoms with Crippen LogP contribution in [0.25, 0.3) is 10.9 Å². The number of nitrogens with one attached hydrogen (secondary N) is 1. The van der Waals surface area contributed by atoms with Gasteiger partial charge in [-0.3, -0.25) is 4.79 Å². The third kappa shape index (κ3) is 2.68. The number of carbonyl (C=O) groups is 1. The molecule has 112 valence electrons. The molecule has 2 atom stereocenters. The molecular weight excluding hydrogens is 264 g/mol. The van der Waals surface area contributed by atoms with E-state index >= 15 is 0 Å². The van der Waals surface area contributed by atoms with Crippen LogP contribution in [0.3, 0.4) is 0 Å². The molecule has 0 aliphatic heterocycles. The minimum Gasteiger partial charge on any atom is -0.480 e. The van der Waals surface area contributed by atoms with Crippen molar-refractivity contribution in [2.24, 2.45) is 11.7 Å². The predicted octanol–water partition coefficient (Wildman–Crippen LogP) is 3.24. The number of nitrogens with two attached hydrogens (primary N) is 1. The molecule has 4 nitrogen and oxygen atoms in total. The van der Waals surface area contributed by atoms with E-state index in [0.29, 0.717) is 5.92 Å². The molecule has 1 aliphatic carbocycles. The molecule has 4 N–H and O–H groups in total. The monoisotopic (exact) mass is 286 g/mol. The van der Waals surface area contributed by atoms with Crippen LogP contribution in [0.2, 0.25) is 0 Å². The molecule has 0 bridgehead atoms. The lowest BCUT2D eigenvalue weighted by atomic mass is 9.73. The molecule has 1 fully saturated rings. The average molecular weight is 286 g/mol. The molecule has 0 unspecified atom stereocenters. The van der Waals surface area contributed by atoms with Gasteiger partial charge in [0.15, 0.2) is 0 Å². The number of H-pyrrole nitrogens is 1. The summed E-state index contributed by atoms with van der Waals surface area (Å²) in [6.45, 7) is 0. The van der Waals surface area contributed by atoms with E-state index in [1.807, 2.05) is 30.5 Å². The number of hydrogen-bond acceptors (Lipinski definition) is 2. The maximum atomic E-state index is 11.5. The number of rotatable bonds is 4. The van der Waals surface area contributed by atoms with E-state index in [0.717, 1.165) is 29.3 Å². The number of aromatic amines is 1. The van der Waals surface area contributed by atoms with E-state index in [4.69, 9.17) is 5.73 Å². The maximum Gasteiger partial charge on any atom is 0.321 e. The van der Waals surface area contributed by atoms with Gasteiger partial charge in [-0.1, -0.05) is 37.5 Å². The number of benzene rings is 1. The standard InChI is InChI=1S/C17H22N2O2/c18-16(17(20)21)15(11-6-2-1-3-7-11)13-10-19-14-9-5-4-8-12(13)14/h4-5,8-11,15-16,19H,1-3,6-7,18H2,(H,20,21)/t15-,16-/m1/s1. The Hall–Kier alpha value is -1.81. The Morgan fingerprint density at radius 3 is 2.67 bits per heavy atom. The van der Waals surface area contributed by atoms with Crippen LogP contribution in [0.4, 0.5) is 0 Å². The highest BCUT2D eigenvalue weighted by molar-refractivity contribution is 5.85. The predicted molar refractivity (Wildman–Crippen MR) is 83.2 cm³/mol. The van der Waals surface area contributed by atoms with E-state index in [2.05, 4.69) is 4.98 Å². The lowest BCUT2D eigenvalue weighted by molar-refractivity contribution is -0.139. The fraction of sp³-hybridized carbons (Fsp3) is 0.471. The van der Waals surface area contributed by atoms with Gasteiger partial charge in [-0.05, 0) is 30.4 Å². The topological polar surface area (TPSA) is 79.1 Å². The van der Waals surface area contributed by atoms with Gasteiger partial charge in [0.25, 0.3) is 0 Å².